The van der Waals surface area contributed by atoms with Crippen LogP contribution in [0.4, 0.5) is 0 Å². The first-order chi connectivity index (χ1) is 20.4. The van der Waals surface area contributed by atoms with Crippen LogP contribution >= 0.6 is 12.4 Å². The van der Waals surface area contributed by atoms with Crippen molar-refractivity contribution < 1.29 is 23.9 Å². The molecule has 1 saturated carbocycles. The Morgan fingerprint density at radius 2 is 1.81 bits per heavy atom. The molecular weight excluding hydrogens is 568 g/mol. The zero-order valence-corrected chi connectivity index (χ0v) is 25.2. The fraction of sp³-hybridized carbons (Fsp3) is 0.455. The Bertz CT molecular complexity index is 1550. The molecule has 0 unspecified atom stereocenters. The summed E-state index contributed by atoms with van der Waals surface area (Å²) < 4.78 is 11.9. The smallest absolute Gasteiger partial charge is 0.332 e. The Morgan fingerprint density at radius 3 is 2.60 bits per heavy atom. The minimum atomic E-state index is -1.12. The summed E-state index contributed by atoms with van der Waals surface area (Å²) in [6.45, 7) is 2.17. The number of carbonyl (C=O) groups excluding carboxylic acids is 3. The standard InChI is InChI=1S/C33H38N4O5.ClH/c1-2-41-32(40)33-19-21(33)12-6-4-3-5-7-16-26(34)31(39)37-20-22(18-28(37)29(38)36-33)42-30-25-15-9-8-13-23(25)24-14-10-11-17-27(24)35-30;/h6,8-15,17,21-22,26,28H,2-5,7,16,18-20,34H2,1H3,(H,36,38);1H/t21-,22-,26+,28+,33-;/m1./s1. The number of esters is 1. The number of hydrogen-bond donors (Lipinski definition) is 2. The monoisotopic (exact) mass is 606 g/mol. The number of rotatable bonds is 4. The van der Waals surface area contributed by atoms with E-state index in [1.165, 1.54) is 0 Å². The van der Waals surface area contributed by atoms with Gasteiger partial charge in [-0.2, -0.15) is 0 Å². The number of para-hydroxylation sites is 1. The van der Waals surface area contributed by atoms with Crippen LogP contribution in [0.3, 0.4) is 0 Å². The highest BCUT2D eigenvalue weighted by molar-refractivity contribution is 6.07. The molecule has 2 fully saturated rings. The Balaban J connectivity index is 0.00000368. The molecular formula is C33H39ClN4O5. The molecule has 2 aliphatic heterocycles. The molecule has 9 nitrogen and oxygen atoms in total. The van der Waals surface area contributed by atoms with Gasteiger partial charge >= 0.3 is 5.97 Å². The van der Waals surface area contributed by atoms with Crippen molar-refractivity contribution in [1.82, 2.24) is 15.2 Å². The van der Waals surface area contributed by atoms with Gasteiger partial charge in [-0.3, -0.25) is 9.59 Å². The number of nitrogens with two attached hydrogens (primary N) is 1. The van der Waals surface area contributed by atoms with Gasteiger partial charge in [0.15, 0.2) is 0 Å². The summed E-state index contributed by atoms with van der Waals surface area (Å²) in [6, 6.07) is 14.3. The normalized spacial score (nSPS) is 27.7. The molecule has 6 rings (SSSR count). The number of carbonyl (C=O) groups is 3. The highest BCUT2D eigenvalue weighted by atomic mass is 35.5. The molecule has 3 N–H and O–H groups in total. The lowest BCUT2D eigenvalue weighted by molar-refractivity contribution is -0.150. The number of amides is 2. The number of pyridine rings is 1. The van der Waals surface area contributed by atoms with Crippen LogP contribution in [0.2, 0.25) is 0 Å². The van der Waals surface area contributed by atoms with Crippen molar-refractivity contribution in [2.24, 2.45) is 11.7 Å². The lowest BCUT2D eigenvalue weighted by Crippen LogP contribution is -2.55. The fourth-order valence-electron chi connectivity index (χ4n) is 6.41. The minimum Gasteiger partial charge on any atom is -0.472 e. The molecule has 0 radical (unpaired) electrons. The third-order valence-electron chi connectivity index (χ3n) is 8.77. The molecule has 43 heavy (non-hydrogen) atoms. The number of benzene rings is 2. The topological polar surface area (TPSA) is 124 Å². The molecule has 0 bridgehead atoms. The highest BCUT2D eigenvalue weighted by Crippen LogP contribution is 2.46. The predicted molar refractivity (Wildman–Crippen MR) is 167 cm³/mol. The quantitative estimate of drug-likeness (QED) is 0.256. The van der Waals surface area contributed by atoms with Gasteiger partial charge in [0, 0.05) is 23.1 Å². The van der Waals surface area contributed by atoms with Gasteiger partial charge in [0.25, 0.3) is 0 Å². The van der Waals surface area contributed by atoms with Crippen molar-refractivity contribution in [3.63, 3.8) is 0 Å². The molecule has 10 heteroatoms. The van der Waals surface area contributed by atoms with Crippen molar-refractivity contribution in [2.75, 3.05) is 13.2 Å². The van der Waals surface area contributed by atoms with Gasteiger partial charge in [0.2, 0.25) is 17.7 Å². The Morgan fingerprint density at radius 1 is 1.07 bits per heavy atom. The van der Waals surface area contributed by atoms with Crippen molar-refractivity contribution in [3.05, 3.63) is 60.7 Å². The van der Waals surface area contributed by atoms with E-state index in [-0.39, 0.29) is 43.8 Å². The molecule has 2 aromatic carbocycles. The van der Waals surface area contributed by atoms with Crippen LogP contribution in [0.5, 0.6) is 5.88 Å². The predicted octanol–water partition coefficient (Wildman–Crippen LogP) is 4.44. The van der Waals surface area contributed by atoms with Gasteiger partial charge in [0.05, 0.1) is 24.7 Å². The molecule has 1 aliphatic carbocycles. The van der Waals surface area contributed by atoms with Crippen molar-refractivity contribution >= 4 is 51.9 Å². The number of aromatic nitrogens is 1. The zero-order valence-electron chi connectivity index (χ0n) is 24.4. The Labute approximate surface area is 257 Å². The third kappa shape index (κ3) is 6.06. The van der Waals surface area contributed by atoms with Gasteiger partial charge < -0.3 is 25.4 Å². The largest absolute Gasteiger partial charge is 0.472 e. The molecule has 3 aliphatic rings. The minimum absolute atomic E-state index is 0. The lowest BCUT2D eigenvalue weighted by Gasteiger charge is -2.28. The molecule has 228 valence electrons. The molecule has 2 amide bonds. The number of ether oxygens (including phenoxy) is 2. The van der Waals surface area contributed by atoms with Crippen LogP contribution in [0.25, 0.3) is 21.7 Å². The van der Waals surface area contributed by atoms with Crippen LogP contribution in [0.1, 0.15) is 51.9 Å². The first-order valence-corrected chi connectivity index (χ1v) is 15.1. The SMILES string of the molecule is CCOC(=O)[C@@]12C[C@H]1C=CCCCCC[C@H](N)C(=O)N1C[C@H](Oc3nc4ccccc4c4ccccc34)C[C@H]1C(=O)N2.Cl. The van der Waals surface area contributed by atoms with Crippen LogP contribution in [0.15, 0.2) is 60.7 Å². The lowest BCUT2D eigenvalue weighted by atomic mass is 10.1. The maximum absolute atomic E-state index is 13.9. The van der Waals surface area contributed by atoms with Crippen LogP contribution < -0.4 is 15.8 Å². The molecule has 3 aromatic rings. The molecule has 5 atom stereocenters. The van der Waals surface area contributed by atoms with E-state index in [1.807, 2.05) is 54.6 Å². The van der Waals surface area contributed by atoms with Crippen molar-refractivity contribution in [2.45, 2.75) is 75.6 Å². The molecule has 3 heterocycles. The Hall–Kier alpha value is -3.69. The summed E-state index contributed by atoms with van der Waals surface area (Å²) in [7, 11) is 0. The first kappa shape index (κ1) is 30.8. The van der Waals surface area contributed by atoms with Gasteiger partial charge in [-0.1, -0.05) is 61.4 Å². The second-order valence-corrected chi connectivity index (χ2v) is 11.6. The van der Waals surface area contributed by atoms with Gasteiger partial charge in [0.1, 0.15) is 17.7 Å². The van der Waals surface area contributed by atoms with E-state index in [1.54, 1.807) is 11.8 Å². The zero-order chi connectivity index (χ0) is 29.3. The van der Waals surface area contributed by atoms with Crippen molar-refractivity contribution in [3.8, 4) is 5.88 Å². The highest BCUT2D eigenvalue weighted by Gasteiger charge is 2.62. The van der Waals surface area contributed by atoms with E-state index < -0.39 is 35.6 Å². The number of hydrogen-bond acceptors (Lipinski definition) is 7. The van der Waals surface area contributed by atoms with E-state index in [4.69, 9.17) is 20.2 Å². The Kier molecular flexibility index (Phi) is 9.22. The van der Waals surface area contributed by atoms with Gasteiger partial charge in [-0.05, 0) is 50.1 Å². The van der Waals surface area contributed by atoms with E-state index in [9.17, 15) is 14.4 Å². The van der Waals surface area contributed by atoms with Crippen LogP contribution in [-0.4, -0.2) is 64.5 Å². The maximum Gasteiger partial charge on any atom is 0.332 e. The number of allylic oxidation sites excluding steroid dienone is 1. The van der Waals surface area contributed by atoms with Crippen molar-refractivity contribution in [1.29, 1.82) is 0 Å². The third-order valence-corrected chi connectivity index (χ3v) is 8.77. The number of nitrogens with zero attached hydrogens (tertiary/aromatic N) is 2. The summed E-state index contributed by atoms with van der Waals surface area (Å²) in [4.78, 5) is 46.9. The second kappa shape index (κ2) is 12.9. The number of halogens is 1. The summed E-state index contributed by atoms with van der Waals surface area (Å²) in [6.07, 6.45) is 8.51. The van der Waals surface area contributed by atoms with E-state index >= 15 is 0 Å². The maximum atomic E-state index is 13.9. The van der Waals surface area contributed by atoms with E-state index in [2.05, 4.69) is 11.4 Å². The summed E-state index contributed by atoms with van der Waals surface area (Å²) >= 11 is 0. The van der Waals surface area contributed by atoms with Gasteiger partial charge in [-0.25, -0.2) is 9.78 Å². The number of nitrogens with one attached hydrogen (secondary N) is 1. The second-order valence-electron chi connectivity index (χ2n) is 11.6. The van der Waals surface area contributed by atoms with Crippen LogP contribution in [0, 0.1) is 5.92 Å². The molecule has 1 aromatic heterocycles. The average molecular weight is 607 g/mol. The van der Waals surface area contributed by atoms with Gasteiger partial charge in [-0.15, -0.1) is 12.4 Å². The molecule has 0 spiro atoms. The fourth-order valence-corrected chi connectivity index (χ4v) is 6.41. The summed E-state index contributed by atoms with van der Waals surface area (Å²) in [5.74, 6) is -0.785. The molecule has 1 saturated heterocycles. The number of fused-ring (bicyclic) bond motifs is 5. The summed E-state index contributed by atoms with van der Waals surface area (Å²) in [5.41, 5.74) is 6.07. The summed E-state index contributed by atoms with van der Waals surface area (Å²) in [5, 5.41) is 5.90. The van der Waals surface area contributed by atoms with E-state index in [0.29, 0.717) is 18.7 Å². The van der Waals surface area contributed by atoms with E-state index in [0.717, 1.165) is 47.4 Å². The average Bonchev–Trinajstić information content (AvgIpc) is 3.53. The first-order valence-electron chi connectivity index (χ1n) is 15.1. The van der Waals surface area contributed by atoms with Crippen LogP contribution in [-0.2, 0) is 19.1 Å².